The summed E-state index contributed by atoms with van der Waals surface area (Å²) in [6.45, 7) is 7.43. The van der Waals surface area contributed by atoms with Crippen molar-refractivity contribution >= 4 is 5.57 Å². The van der Waals surface area contributed by atoms with Crippen LogP contribution < -0.4 is 5.32 Å². The van der Waals surface area contributed by atoms with Crippen LogP contribution in [-0.4, -0.2) is 7.05 Å². The van der Waals surface area contributed by atoms with E-state index >= 15 is 0 Å². The van der Waals surface area contributed by atoms with Crippen molar-refractivity contribution in [1.82, 2.24) is 5.32 Å². The van der Waals surface area contributed by atoms with E-state index in [0.717, 1.165) is 13.0 Å². The van der Waals surface area contributed by atoms with Gasteiger partial charge in [0.15, 0.2) is 0 Å². The Balaban J connectivity index is 3.09. The first kappa shape index (κ1) is 12.0. The zero-order chi connectivity index (χ0) is 11.3. The van der Waals surface area contributed by atoms with Crippen molar-refractivity contribution in [3.8, 4) is 0 Å². The van der Waals surface area contributed by atoms with Crippen molar-refractivity contribution in [2.45, 2.75) is 33.7 Å². The molecule has 0 fully saturated rings. The maximum absolute atomic E-state index is 3.18. The van der Waals surface area contributed by atoms with Crippen LogP contribution in [0, 0.1) is 0 Å². The van der Waals surface area contributed by atoms with E-state index in [1.165, 1.54) is 22.3 Å². The van der Waals surface area contributed by atoms with Gasteiger partial charge in [-0.25, -0.2) is 0 Å². The molecule has 0 aromatic heterocycles. The summed E-state index contributed by atoms with van der Waals surface area (Å²) >= 11 is 0. The normalized spacial score (nSPS) is 11.9. The lowest BCUT2D eigenvalue weighted by molar-refractivity contribution is 0.815. The van der Waals surface area contributed by atoms with Gasteiger partial charge in [0.05, 0.1) is 0 Å². The number of hydrogen-bond donors (Lipinski definition) is 1. The molecule has 0 unspecified atom stereocenters. The first-order chi connectivity index (χ1) is 7.22. The van der Waals surface area contributed by atoms with Gasteiger partial charge in [0.1, 0.15) is 0 Å². The van der Waals surface area contributed by atoms with E-state index in [1.54, 1.807) is 0 Å². The van der Waals surface area contributed by atoms with Crippen molar-refractivity contribution < 1.29 is 0 Å². The van der Waals surface area contributed by atoms with E-state index in [9.17, 15) is 0 Å². The topological polar surface area (TPSA) is 12.0 Å². The third kappa shape index (κ3) is 2.93. The lowest BCUT2D eigenvalue weighted by atomic mass is 9.96. The highest BCUT2D eigenvalue weighted by Crippen LogP contribution is 2.20. The van der Waals surface area contributed by atoms with Crippen LogP contribution >= 0.6 is 0 Å². The van der Waals surface area contributed by atoms with Crippen molar-refractivity contribution in [3.05, 3.63) is 41.0 Å². The van der Waals surface area contributed by atoms with Crippen LogP contribution in [-0.2, 0) is 13.0 Å². The quantitative estimate of drug-likeness (QED) is 0.791. The fourth-order valence-corrected chi connectivity index (χ4v) is 1.79. The molecule has 0 atom stereocenters. The largest absolute Gasteiger partial charge is 0.316 e. The smallest absolute Gasteiger partial charge is 0.0202 e. The number of benzene rings is 1. The van der Waals surface area contributed by atoms with Gasteiger partial charge in [-0.15, -0.1) is 0 Å². The molecular formula is C14H21N. The highest BCUT2D eigenvalue weighted by Gasteiger charge is 2.03. The lowest BCUT2D eigenvalue weighted by Gasteiger charge is -2.10. The Morgan fingerprint density at radius 3 is 2.67 bits per heavy atom. The SMILES string of the molecule is C/C=C(/C)c1ccc(CNC)cc1CC. The van der Waals surface area contributed by atoms with E-state index < -0.39 is 0 Å². The van der Waals surface area contributed by atoms with Crippen LogP contribution in [0.15, 0.2) is 24.3 Å². The summed E-state index contributed by atoms with van der Waals surface area (Å²) in [5.74, 6) is 0. The molecule has 0 saturated heterocycles. The Morgan fingerprint density at radius 2 is 2.13 bits per heavy atom. The van der Waals surface area contributed by atoms with Crippen molar-refractivity contribution in [2.24, 2.45) is 0 Å². The van der Waals surface area contributed by atoms with E-state index in [1.807, 2.05) is 7.05 Å². The summed E-state index contributed by atoms with van der Waals surface area (Å²) in [5, 5.41) is 3.18. The van der Waals surface area contributed by atoms with Crippen LogP contribution in [0.4, 0.5) is 0 Å². The molecule has 82 valence electrons. The molecule has 0 aliphatic carbocycles. The minimum atomic E-state index is 0.947. The van der Waals surface area contributed by atoms with Crippen LogP contribution in [0.2, 0.25) is 0 Å². The van der Waals surface area contributed by atoms with Crippen LogP contribution in [0.1, 0.15) is 37.5 Å². The Kier molecular flexibility index (Phi) is 4.57. The lowest BCUT2D eigenvalue weighted by Crippen LogP contribution is -2.05. The molecule has 1 aromatic rings. The number of hydrogen-bond acceptors (Lipinski definition) is 1. The third-order valence-electron chi connectivity index (χ3n) is 2.79. The van der Waals surface area contributed by atoms with Gasteiger partial charge < -0.3 is 5.32 Å². The number of allylic oxidation sites excluding steroid dienone is 2. The summed E-state index contributed by atoms with van der Waals surface area (Å²) < 4.78 is 0. The maximum Gasteiger partial charge on any atom is 0.0202 e. The van der Waals surface area contributed by atoms with Crippen LogP contribution in [0.25, 0.3) is 5.57 Å². The predicted octanol–water partition coefficient (Wildman–Crippen LogP) is 3.39. The summed E-state index contributed by atoms with van der Waals surface area (Å²) in [4.78, 5) is 0. The molecular weight excluding hydrogens is 182 g/mol. The Labute approximate surface area is 93.2 Å². The second-order valence-electron chi connectivity index (χ2n) is 3.85. The molecule has 1 aromatic carbocycles. The summed E-state index contributed by atoms with van der Waals surface area (Å²) in [5.41, 5.74) is 5.56. The van der Waals surface area contributed by atoms with Crippen molar-refractivity contribution in [3.63, 3.8) is 0 Å². The monoisotopic (exact) mass is 203 g/mol. The predicted molar refractivity (Wildman–Crippen MR) is 67.9 cm³/mol. The number of rotatable bonds is 4. The summed E-state index contributed by atoms with van der Waals surface area (Å²) in [6, 6.07) is 6.75. The second kappa shape index (κ2) is 5.72. The van der Waals surface area contributed by atoms with Crippen LogP contribution in [0.5, 0.6) is 0 Å². The second-order valence-corrected chi connectivity index (χ2v) is 3.85. The van der Waals surface area contributed by atoms with Crippen LogP contribution in [0.3, 0.4) is 0 Å². The Hall–Kier alpha value is -1.08. The average molecular weight is 203 g/mol. The van der Waals surface area contributed by atoms with E-state index in [-0.39, 0.29) is 0 Å². The summed E-state index contributed by atoms with van der Waals surface area (Å²) in [6.07, 6.45) is 3.27. The fraction of sp³-hybridized carbons (Fsp3) is 0.429. The van der Waals surface area contributed by atoms with Crippen molar-refractivity contribution in [1.29, 1.82) is 0 Å². The average Bonchev–Trinajstić information content (AvgIpc) is 2.28. The van der Waals surface area contributed by atoms with E-state index in [4.69, 9.17) is 0 Å². The van der Waals surface area contributed by atoms with Gasteiger partial charge in [-0.3, -0.25) is 0 Å². The van der Waals surface area contributed by atoms with E-state index in [0.29, 0.717) is 0 Å². The van der Waals surface area contributed by atoms with Gasteiger partial charge in [-0.2, -0.15) is 0 Å². The highest BCUT2D eigenvalue weighted by molar-refractivity contribution is 5.66. The third-order valence-corrected chi connectivity index (χ3v) is 2.79. The molecule has 1 N–H and O–H groups in total. The van der Waals surface area contributed by atoms with Gasteiger partial charge in [0, 0.05) is 6.54 Å². The van der Waals surface area contributed by atoms with Gasteiger partial charge >= 0.3 is 0 Å². The zero-order valence-electron chi connectivity index (χ0n) is 10.2. The van der Waals surface area contributed by atoms with E-state index in [2.05, 4.69) is 50.4 Å². The molecule has 0 bridgehead atoms. The van der Waals surface area contributed by atoms with Gasteiger partial charge in [-0.1, -0.05) is 31.2 Å². The molecule has 1 heteroatoms. The molecule has 0 heterocycles. The van der Waals surface area contributed by atoms with Gasteiger partial charge in [-0.05, 0) is 49.6 Å². The molecule has 1 nitrogen and oxygen atoms in total. The minimum absolute atomic E-state index is 0.947. The first-order valence-electron chi connectivity index (χ1n) is 5.62. The number of aryl methyl sites for hydroxylation is 1. The molecule has 15 heavy (non-hydrogen) atoms. The Morgan fingerprint density at radius 1 is 1.40 bits per heavy atom. The standard InChI is InChI=1S/C14H21N/c1-5-11(3)14-8-7-12(10-15-4)9-13(14)6-2/h5,7-9,15H,6,10H2,1-4H3/b11-5-. The maximum atomic E-state index is 3.18. The Bertz CT molecular complexity index is 350. The molecule has 0 radical (unpaired) electrons. The first-order valence-corrected chi connectivity index (χ1v) is 5.62. The van der Waals surface area contributed by atoms with Gasteiger partial charge in [0.2, 0.25) is 0 Å². The molecule has 1 rings (SSSR count). The molecule has 0 aliphatic heterocycles. The fourth-order valence-electron chi connectivity index (χ4n) is 1.79. The van der Waals surface area contributed by atoms with Crippen molar-refractivity contribution in [2.75, 3.05) is 7.05 Å². The van der Waals surface area contributed by atoms with Gasteiger partial charge in [0.25, 0.3) is 0 Å². The zero-order valence-corrected chi connectivity index (χ0v) is 10.2. The summed E-state index contributed by atoms with van der Waals surface area (Å²) in [7, 11) is 1.98. The molecule has 0 spiro atoms. The minimum Gasteiger partial charge on any atom is -0.316 e. The molecule has 0 aliphatic rings. The molecule has 0 amide bonds. The molecule has 0 saturated carbocycles. The highest BCUT2D eigenvalue weighted by atomic mass is 14.8. The number of nitrogens with one attached hydrogen (secondary N) is 1.